The number of guanidine groups is 1. The van der Waals surface area contributed by atoms with Crippen LogP contribution in [-0.4, -0.2) is 57.7 Å². The van der Waals surface area contributed by atoms with Gasteiger partial charge in [-0.15, -0.1) is 24.0 Å². The first-order valence-electron chi connectivity index (χ1n) is 8.44. The van der Waals surface area contributed by atoms with Crippen LogP contribution in [0.1, 0.15) is 25.0 Å². The molecule has 24 heavy (non-hydrogen) atoms. The van der Waals surface area contributed by atoms with Gasteiger partial charge in [0, 0.05) is 26.7 Å². The maximum Gasteiger partial charge on any atom is 0.191 e. The Morgan fingerprint density at radius 1 is 1.17 bits per heavy atom. The van der Waals surface area contributed by atoms with Gasteiger partial charge in [0.2, 0.25) is 0 Å². The number of ether oxygens (including phenoxy) is 1. The van der Waals surface area contributed by atoms with Crippen LogP contribution in [-0.2, 0) is 6.42 Å². The van der Waals surface area contributed by atoms with Crippen molar-refractivity contribution in [3.05, 3.63) is 29.3 Å². The van der Waals surface area contributed by atoms with Crippen LogP contribution in [0.15, 0.2) is 23.2 Å². The van der Waals surface area contributed by atoms with Crippen molar-refractivity contribution in [2.75, 3.05) is 46.9 Å². The molecule has 0 bridgehead atoms. The molecule has 6 heteroatoms. The molecule has 2 N–H and O–H groups in total. The molecule has 0 radical (unpaired) electrons. The van der Waals surface area contributed by atoms with Crippen LogP contribution in [0.25, 0.3) is 0 Å². The first-order chi connectivity index (χ1) is 11.1. The maximum atomic E-state index is 5.37. The molecule has 0 unspecified atom stereocenters. The van der Waals surface area contributed by atoms with E-state index in [9.17, 15) is 0 Å². The van der Waals surface area contributed by atoms with Gasteiger partial charge >= 0.3 is 0 Å². The van der Waals surface area contributed by atoms with Crippen LogP contribution in [0.5, 0.6) is 5.75 Å². The second-order valence-corrected chi connectivity index (χ2v) is 5.51. The number of nitrogens with zero attached hydrogens (tertiary/aromatic N) is 2. The third-order valence-corrected chi connectivity index (χ3v) is 4.02. The molecule has 0 aliphatic rings. The molecule has 0 heterocycles. The predicted octanol–water partition coefficient (Wildman–Crippen LogP) is 2.67. The van der Waals surface area contributed by atoms with Gasteiger partial charge in [-0.25, -0.2) is 0 Å². The van der Waals surface area contributed by atoms with E-state index in [4.69, 9.17) is 4.74 Å². The van der Waals surface area contributed by atoms with E-state index < -0.39 is 0 Å². The molecule has 0 aliphatic heterocycles. The number of nitrogens with one attached hydrogen (secondary N) is 2. The normalized spacial score (nSPS) is 11.2. The second kappa shape index (κ2) is 13.3. The lowest BCUT2D eigenvalue weighted by Crippen LogP contribution is -2.42. The highest BCUT2D eigenvalue weighted by molar-refractivity contribution is 14.0. The third kappa shape index (κ3) is 8.19. The van der Waals surface area contributed by atoms with E-state index in [1.807, 2.05) is 7.05 Å². The molecule has 138 valence electrons. The molecule has 0 saturated carbocycles. The lowest BCUT2D eigenvalue weighted by molar-refractivity contribution is 0.308. The first kappa shape index (κ1) is 23.0. The summed E-state index contributed by atoms with van der Waals surface area (Å²) in [6.07, 6.45) is 0.938. The van der Waals surface area contributed by atoms with Crippen LogP contribution < -0.4 is 15.4 Å². The van der Waals surface area contributed by atoms with Gasteiger partial charge in [0.1, 0.15) is 5.75 Å². The summed E-state index contributed by atoms with van der Waals surface area (Å²) in [6, 6.07) is 6.36. The highest BCUT2D eigenvalue weighted by Gasteiger charge is 2.03. The van der Waals surface area contributed by atoms with E-state index in [1.165, 1.54) is 5.56 Å². The molecule has 0 aromatic heterocycles. The fourth-order valence-electron chi connectivity index (χ4n) is 2.44. The average Bonchev–Trinajstić information content (AvgIpc) is 2.58. The van der Waals surface area contributed by atoms with Crippen LogP contribution in [0, 0.1) is 6.92 Å². The summed E-state index contributed by atoms with van der Waals surface area (Å²) < 4.78 is 5.37. The van der Waals surface area contributed by atoms with Crippen LogP contribution in [0.3, 0.4) is 0 Å². The summed E-state index contributed by atoms with van der Waals surface area (Å²) >= 11 is 0. The quantitative estimate of drug-likeness (QED) is 0.347. The summed E-state index contributed by atoms with van der Waals surface area (Å²) in [7, 11) is 3.52. The highest BCUT2D eigenvalue weighted by Crippen LogP contribution is 2.18. The molecule has 0 amide bonds. The second-order valence-electron chi connectivity index (χ2n) is 5.51. The van der Waals surface area contributed by atoms with Gasteiger partial charge in [-0.3, -0.25) is 4.99 Å². The van der Waals surface area contributed by atoms with Crippen molar-refractivity contribution < 1.29 is 4.74 Å². The smallest absolute Gasteiger partial charge is 0.191 e. The highest BCUT2D eigenvalue weighted by atomic mass is 127. The Morgan fingerprint density at radius 2 is 1.83 bits per heavy atom. The zero-order valence-corrected chi connectivity index (χ0v) is 18.0. The van der Waals surface area contributed by atoms with Gasteiger partial charge in [0.05, 0.1) is 7.11 Å². The summed E-state index contributed by atoms with van der Waals surface area (Å²) in [5.74, 6) is 1.81. The number of halogens is 1. The molecule has 1 rings (SSSR count). The Bertz CT molecular complexity index is 490. The van der Waals surface area contributed by atoms with Crippen molar-refractivity contribution in [2.24, 2.45) is 4.99 Å². The minimum atomic E-state index is 0. The number of methoxy groups -OCH3 is 1. The number of hydrogen-bond acceptors (Lipinski definition) is 3. The van der Waals surface area contributed by atoms with Gasteiger partial charge in [0.15, 0.2) is 5.96 Å². The molecular weight excluding hydrogens is 415 g/mol. The fraction of sp³-hybridized carbons (Fsp3) is 0.611. The molecule has 0 spiro atoms. The molecule has 5 nitrogen and oxygen atoms in total. The van der Waals surface area contributed by atoms with Crippen molar-refractivity contribution in [2.45, 2.75) is 27.2 Å². The topological polar surface area (TPSA) is 48.9 Å². The Labute approximate surface area is 164 Å². The predicted molar refractivity (Wildman–Crippen MR) is 114 cm³/mol. The van der Waals surface area contributed by atoms with Crippen molar-refractivity contribution in [3.63, 3.8) is 0 Å². The minimum Gasteiger partial charge on any atom is -0.496 e. The SMILES string of the molecule is CCN(CC)CCNC(=NC)NCCc1ccc(C)c(OC)c1.I. The number of likely N-dealkylation sites (N-methyl/N-ethyl adjacent to an activating group) is 1. The maximum absolute atomic E-state index is 5.37. The van der Waals surface area contributed by atoms with Crippen molar-refractivity contribution >= 4 is 29.9 Å². The molecule has 1 aromatic rings. The summed E-state index contributed by atoms with van der Waals surface area (Å²) in [5.41, 5.74) is 2.43. The fourth-order valence-corrected chi connectivity index (χ4v) is 2.44. The zero-order valence-electron chi connectivity index (χ0n) is 15.7. The Balaban J connectivity index is 0.00000529. The van der Waals surface area contributed by atoms with E-state index >= 15 is 0 Å². The van der Waals surface area contributed by atoms with E-state index in [2.05, 4.69) is 59.5 Å². The monoisotopic (exact) mass is 448 g/mol. The van der Waals surface area contributed by atoms with E-state index in [-0.39, 0.29) is 24.0 Å². The number of aliphatic imine (C=N–C) groups is 1. The Kier molecular flexibility index (Phi) is 12.7. The van der Waals surface area contributed by atoms with Gasteiger partial charge in [-0.1, -0.05) is 26.0 Å². The average molecular weight is 448 g/mol. The molecule has 0 aliphatic carbocycles. The van der Waals surface area contributed by atoms with Crippen molar-refractivity contribution in [1.29, 1.82) is 0 Å². The number of benzene rings is 1. The van der Waals surface area contributed by atoms with Crippen molar-refractivity contribution in [1.82, 2.24) is 15.5 Å². The molecule has 0 fully saturated rings. The van der Waals surface area contributed by atoms with Crippen molar-refractivity contribution in [3.8, 4) is 5.75 Å². The van der Waals surface area contributed by atoms with Crippen LogP contribution in [0.4, 0.5) is 0 Å². The summed E-state index contributed by atoms with van der Waals surface area (Å²) in [4.78, 5) is 6.65. The summed E-state index contributed by atoms with van der Waals surface area (Å²) in [5, 5.41) is 6.72. The van der Waals surface area contributed by atoms with E-state index in [0.717, 1.165) is 56.4 Å². The lowest BCUT2D eigenvalue weighted by atomic mass is 10.1. The van der Waals surface area contributed by atoms with Gasteiger partial charge in [-0.2, -0.15) is 0 Å². The largest absolute Gasteiger partial charge is 0.496 e. The third-order valence-electron chi connectivity index (χ3n) is 4.02. The van der Waals surface area contributed by atoms with E-state index in [1.54, 1.807) is 7.11 Å². The standard InChI is InChI=1S/C18H32N4O.HI/c1-6-22(7-2)13-12-21-18(19-4)20-11-10-16-9-8-15(3)17(14-16)23-5;/h8-9,14H,6-7,10-13H2,1-5H3,(H2,19,20,21);1H. The van der Waals surface area contributed by atoms with Crippen LogP contribution in [0.2, 0.25) is 0 Å². The summed E-state index contributed by atoms with van der Waals surface area (Å²) in [6.45, 7) is 11.4. The van der Waals surface area contributed by atoms with Gasteiger partial charge in [-0.05, 0) is 43.6 Å². The van der Waals surface area contributed by atoms with Crippen LogP contribution >= 0.6 is 24.0 Å². The molecule has 1 aromatic carbocycles. The first-order valence-corrected chi connectivity index (χ1v) is 8.44. The number of rotatable bonds is 9. The molecule has 0 atom stereocenters. The number of hydrogen-bond donors (Lipinski definition) is 2. The Hall–Kier alpha value is -1.02. The zero-order chi connectivity index (χ0) is 17.1. The Morgan fingerprint density at radius 3 is 2.42 bits per heavy atom. The molecular formula is C18H33IN4O. The van der Waals surface area contributed by atoms with Gasteiger partial charge < -0.3 is 20.3 Å². The number of aryl methyl sites for hydroxylation is 1. The lowest BCUT2D eigenvalue weighted by Gasteiger charge is -2.19. The minimum absolute atomic E-state index is 0. The van der Waals surface area contributed by atoms with E-state index in [0.29, 0.717) is 0 Å². The molecule has 0 saturated heterocycles. The van der Waals surface area contributed by atoms with Gasteiger partial charge in [0.25, 0.3) is 0 Å².